The van der Waals surface area contributed by atoms with Gasteiger partial charge in [0.05, 0.1) is 6.10 Å². The summed E-state index contributed by atoms with van der Waals surface area (Å²) in [6.45, 7) is 7.20. The minimum Gasteiger partial charge on any atom is -0.478 e. The summed E-state index contributed by atoms with van der Waals surface area (Å²) in [5.41, 5.74) is -0.475. The highest BCUT2D eigenvalue weighted by Gasteiger charge is 2.46. The Morgan fingerprint density at radius 1 is 1.47 bits per heavy atom. The van der Waals surface area contributed by atoms with Gasteiger partial charge in [0.1, 0.15) is 5.60 Å². The minimum absolute atomic E-state index is 0.451. The number of hydrogen-bond donors (Lipinski definition) is 3. The van der Waals surface area contributed by atoms with Crippen molar-refractivity contribution < 1.29 is 20.1 Å². The molecule has 0 amide bonds. The Balaban J connectivity index is 3.12. The Morgan fingerprint density at radius 3 is 2.53 bits per heavy atom. The third-order valence-corrected chi connectivity index (χ3v) is 3.73. The molecular formula is C15H22O4. The van der Waals surface area contributed by atoms with Gasteiger partial charge in [-0.3, -0.25) is 0 Å². The largest absolute Gasteiger partial charge is 0.478 e. The van der Waals surface area contributed by atoms with Crippen LogP contribution < -0.4 is 0 Å². The lowest BCUT2D eigenvalue weighted by molar-refractivity contribution is -0.131. The molecule has 0 saturated heterocycles. The molecule has 1 aliphatic rings. The maximum absolute atomic E-state index is 10.8. The lowest BCUT2D eigenvalue weighted by Gasteiger charge is -2.46. The Hall–Kier alpha value is -1.39. The summed E-state index contributed by atoms with van der Waals surface area (Å²) in [5.74, 6) is -1.01. The van der Waals surface area contributed by atoms with Crippen LogP contribution in [0.25, 0.3) is 0 Å². The summed E-state index contributed by atoms with van der Waals surface area (Å²) in [4.78, 5) is 10.6. The maximum atomic E-state index is 10.8. The lowest BCUT2D eigenvalue weighted by Crippen LogP contribution is -2.48. The molecule has 0 aromatic heterocycles. The van der Waals surface area contributed by atoms with Gasteiger partial charge in [0.25, 0.3) is 0 Å². The topological polar surface area (TPSA) is 77.8 Å². The molecule has 0 aliphatic heterocycles. The monoisotopic (exact) mass is 266 g/mol. The molecule has 4 nitrogen and oxygen atoms in total. The Morgan fingerprint density at radius 2 is 2.05 bits per heavy atom. The molecule has 0 aromatic rings. The quantitative estimate of drug-likeness (QED) is 0.415. The fourth-order valence-corrected chi connectivity index (χ4v) is 2.54. The van der Waals surface area contributed by atoms with Gasteiger partial charge in [-0.1, -0.05) is 26.0 Å². The molecule has 0 aromatic carbocycles. The van der Waals surface area contributed by atoms with E-state index in [1.54, 1.807) is 32.1 Å². The van der Waals surface area contributed by atoms with Crippen LogP contribution in [-0.2, 0) is 4.79 Å². The molecule has 0 spiro atoms. The van der Waals surface area contributed by atoms with E-state index in [1.165, 1.54) is 0 Å². The van der Waals surface area contributed by atoms with E-state index in [2.05, 4.69) is 0 Å². The van der Waals surface area contributed by atoms with Crippen LogP contribution in [0.4, 0.5) is 0 Å². The van der Waals surface area contributed by atoms with E-state index >= 15 is 0 Å². The first kappa shape index (κ1) is 15.7. The molecule has 1 aliphatic carbocycles. The van der Waals surface area contributed by atoms with Gasteiger partial charge in [-0.05, 0) is 37.5 Å². The van der Waals surface area contributed by atoms with E-state index in [-0.39, 0.29) is 0 Å². The van der Waals surface area contributed by atoms with E-state index in [9.17, 15) is 15.0 Å². The summed E-state index contributed by atoms with van der Waals surface area (Å²) >= 11 is 0. The number of aliphatic hydroxyl groups excluding tert-OH is 1. The van der Waals surface area contributed by atoms with Gasteiger partial charge in [0.15, 0.2) is 0 Å². The number of carbonyl (C=O) groups is 1. The van der Waals surface area contributed by atoms with E-state index in [4.69, 9.17) is 5.11 Å². The summed E-state index contributed by atoms with van der Waals surface area (Å²) in [6.07, 6.45) is 5.84. The Kier molecular flexibility index (Phi) is 4.38. The molecule has 0 bridgehead atoms. The van der Waals surface area contributed by atoms with Gasteiger partial charge in [0.2, 0.25) is 0 Å². The average molecular weight is 266 g/mol. The average Bonchev–Trinajstić information content (AvgIpc) is 2.21. The maximum Gasteiger partial charge on any atom is 0.328 e. The van der Waals surface area contributed by atoms with Crippen molar-refractivity contribution >= 4 is 5.97 Å². The molecule has 0 radical (unpaired) electrons. The number of hydrogen-bond acceptors (Lipinski definition) is 3. The molecule has 0 fully saturated rings. The van der Waals surface area contributed by atoms with E-state index < -0.39 is 23.1 Å². The van der Waals surface area contributed by atoms with Crippen LogP contribution in [0.5, 0.6) is 0 Å². The van der Waals surface area contributed by atoms with Crippen molar-refractivity contribution in [3.63, 3.8) is 0 Å². The third-order valence-electron chi connectivity index (χ3n) is 3.73. The molecule has 0 heterocycles. The molecule has 1 unspecified atom stereocenters. The predicted octanol–water partition coefficient (Wildman–Crippen LogP) is 2.04. The first-order chi connectivity index (χ1) is 8.58. The summed E-state index contributed by atoms with van der Waals surface area (Å²) in [7, 11) is 0. The van der Waals surface area contributed by atoms with Crippen molar-refractivity contribution in [1.82, 2.24) is 0 Å². The third kappa shape index (κ3) is 3.33. The molecule has 19 heavy (non-hydrogen) atoms. The first-order valence-corrected chi connectivity index (χ1v) is 6.28. The predicted molar refractivity (Wildman–Crippen MR) is 73.6 cm³/mol. The molecular weight excluding hydrogens is 244 g/mol. The first-order valence-electron chi connectivity index (χ1n) is 6.28. The highest BCUT2D eigenvalue weighted by atomic mass is 16.4. The van der Waals surface area contributed by atoms with Gasteiger partial charge in [-0.2, -0.15) is 0 Å². The number of allylic oxidation sites excluding steroid dienone is 2. The second-order valence-electron chi connectivity index (χ2n) is 5.83. The smallest absolute Gasteiger partial charge is 0.328 e. The van der Waals surface area contributed by atoms with Crippen LogP contribution in [0, 0.1) is 5.41 Å². The van der Waals surface area contributed by atoms with Crippen LogP contribution >= 0.6 is 0 Å². The van der Waals surface area contributed by atoms with Gasteiger partial charge < -0.3 is 15.3 Å². The standard InChI is InChI=1S/C15H22O4/c1-10(7-13(17)18)5-6-15(19)11(2)8-12(16)9-14(15,3)4/h5-8,12,16,19H,9H2,1-4H3,(H,17,18)/b6-5+,10-7-/t12?,15-/m1/s1. The summed E-state index contributed by atoms with van der Waals surface area (Å²) in [5, 5.41) is 29.2. The number of rotatable bonds is 3. The Bertz CT molecular complexity index is 457. The summed E-state index contributed by atoms with van der Waals surface area (Å²) in [6, 6.07) is 0. The van der Waals surface area contributed by atoms with Gasteiger partial charge in [0, 0.05) is 11.5 Å². The van der Waals surface area contributed by atoms with Gasteiger partial charge in [-0.15, -0.1) is 0 Å². The fraction of sp³-hybridized carbons (Fsp3) is 0.533. The van der Waals surface area contributed by atoms with Crippen LogP contribution in [0.15, 0.2) is 35.5 Å². The van der Waals surface area contributed by atoms with Crippen LogP contribution in [0.2, 0.25) is 0 Å². The van der Waals surface area contributed by atoms with Crippen molar-refractivity contribution in [3.05, 3.63) is 35.5 Å². The van der Waals surface area contributed by atoms with Crippen molar-refractivity contribution in [2.24, 2.45) is 5.41 Å². The zero-order valence-electron chi connectivity index (χ0n) is 11.8. The number of aliphatic hydroxyl groups is 2. The van der Waals surface area contributed by atoms with Crippen molar-refractivity contribution in [1.29, 1.82) is 0 Å². The van der Waals surface area contributed by atoms with Gasteiger partial charge >= 0.3 is 5.97 Å². The zero-order valence-corrected chi connectivity index (χ0v) is 11.8. The molecule has 106 valence electrons. The minimum atomic E-state index is -1.18. The second kappa shape index (κ2) is 5.31. The number of carboxylic acids is 1. The second-order valence-corrected chi connectivity index (χ2v) is 5.83. The summed E-state index contributed by atoms with van der Waals surface area (Å²) < 4.78 is 0. The molecule has 2 atom stereocenters. The van der Waals surface area contributed by atoms with Gasteiger partial charge in [-0.25, -0.2) is 4.79 Å². The molecule has 4 heteroatoms. The van der Waals surface area contributed by atoms with Crippen molar-refractivity contribution in [2.45, 2.75) is 45.8 Å². The number of carboxylic acid groups (broad SMARTS) is 1. The van der Waals surface area contributed by atoms with E-state index in [0.717, 1.165) is 6.08 Å². The lowest BCUT2D eigenvalue weighted by atomic mass is 9.64. The zero-order chi connectivity index (χ0) is 14.8. The van der Waals surface area contributed by atoms with Crippen LogP contribution in [0.1, 0.15) is 34.1 Å². The van der Waals surface area contributed by atoms with Crippen molar-refractivity contribution in [3.8, 4) is 0 Å². The fourth-order valence-electron chi connectivity index (χ4n) is 2.54. The normalized spacial score (nSPS) is 31.4. The number of aliphatic carboxylic acids is 1. The SMILES string of the molecule is CC1=CC(O)CC(C)(C)[C@@]1(O)/C=C/C(C)=C\C(=O)O. The van der Waals surface area contributed by atoms with E-state index in [1.807, 2.05) is 13.8 Å². The Labute approximate surface area is 113 Å². The van der Waals surface area contributed by atoms with Crippen molar-refractivity contribution in [2.75, 3.05) is 0 Å². The van der Waals surface area contributed by atoms with E-state index in [0.29, 0.717) is 17.6 Å². The highest BCUT2D eigenvalue weighted by Crippen LogP contribution is 2.45. The molecule has 3 N–H and O–H groups in total. The highest BCUT2D eigenvalue weighted by molar-refractivity contribution is 5.81. The van der Waals surface area contributed by atoms with Crippen LogP contribution in [-0.4, -0.2) is 33.0 Å². The molecule has 0 saturated carbocycles. The van der Waals surface area contributed by atoms with Crippen LogP contribution in [0.3, 0.4) is 0 Å². The molecule has 1 rings (SSSR count).